The van der Waals surface area contributed by atoms with Crippen molar-refractivity contribution in [3.8, 4) is 12.3 Å². The molecule has 0 spiro atoms. The fourth-order valence-corrected chi connectivity index (χ4v) is 1.78. The smallest absolute Gasteiger partial charge is 0.267 e. The van der Waals surface area contributed by atoms with Crippen LogP contribution in [-0.4, -0.2) is 5.91 Å². The summed E-state index contributed by atoms with van der Waals surface area (Å²) < 4.78 is 41.1. The number of nitrogens with one attached hydrogen (secondary N) is 2. The average Bonchev–Trinajstić information content (AvgIpc) is 2.52. The first-order valence-electron chi connectivity index (χ1n) is 6.00. The number of hydrogen-bond acceptors (Lipinski definition) is 3. The Labute approximate surface area is 124 Å². The highest BCUT2D eigenvalue weighted by Crippen LogP contribution is 2.28. The molecule has 2 aromatic carbocycles. The number of halogens is 3. The van der Waals surface area contributed by atoms with Gasteiger partial charge < -0.3 is 5.32 Å². The van der Waals surface area contributed by atoms with Crippen LogP contribution in [0.4, 0.5) is 24.5 Å². The molecule has 0 aliphatic rings. The van der Waals surface area contributed by atoms with Crippen molar-refractivity contribution in [1.29, 1.82) is 0 Å². The van der Waals surface area contributed by atoms with Crippen LogP contribution in [0.5, 0.6) is 0 Å². The van der Waals surface area contributed by atoms with Gasteiger partial charge in [0.25, 0.3) is 5.91 Å². The summed E-state index contributed by atoms with van der Waals surface area (Å²) in [6.45, 7) is 0. The zero-order valence-electron chi connectivity index (χ0n) is 11.1. The molecule has 22 heavy (non-hydrogen) atoms. The molecule has 2 aromatic rings. The van der Waals surface area contributed by atoms with Gasteiger partial charge in [-0.05, 0) is 30.3 Å². The number of benzene rings is 2. The Morgan fingerprint density at radius 3 is 2.45 bits per heavy atom. The minimum atomic E-state index is -1.33. The topological polar surface area (TPSA) is 67.2 Å². The summed E-state index contributed by atoms with van der Waals surface area (Å²) in [5.74, 6) is 3.05. The van der Waals surface area contributed by atoms with E-state index in [-0.39, 0.29) is 16.8 Å². The molecule has 4 N–H and O–H groups in total. The summed E-state index contributed by atoms with van der Waals surface area (Å²) in [4.78, 5) is 11.6. The number of carbonyl (C=O) groups is 1. The highest BCUT2D eigenvalue weighted by Gasteiger charge is 2.19. The molecule has 0 fully saturated rings. The first-order chi connectivity index (χ1) is 10.5. The summed E-state index contributed by atoms with van der Waals surface area (Å²) in [6.07, 6.45) is 5.13. The van der Waals surface area contributed by atoms with Crippen LogP contribution >= 0.6 is 0 Å². The van der Waals surface area contributed by atoms with Crippen molar-refractivity contribution in [3.05, 3.63) is 58.9 Å². The molecule has 0 aliphatic carbocycles. The first-order valence-corrected chi connectivity index (χ1v) is 6.00. The summed E-state index contributed by atoms with van der Waals surface area (Å²) in [5.41, 5.74) is 1.10. The van der Waals surface area contributed by atoms with E-state index in [0.717, 1.165) is 18.2 Å². The number of hydrazine groups is 1. The van der Waals surface area contributed by atoms with Gasteiger partial charge in [0.1, 0.15) is 5.82 Å². The van der Waals surface area contributed by atoms with Crippen LogP contribution in [-0.2, 0) is 0 Å². The van der Waals surface area contributed by atoms with Gasteiger partial charge in [-0.3, -0.25) is 10.2 Å². The van der Waals surface area contributed by atoms with E-state index in [0.29, 0.717) is 0 Å². The van der Waals surface area contributed by atoms with Crippen LogP contribution in [0.2, 0.25) is 0 Å². The van der Waals surface area contributed by atoms with E-state index >= 15 is 0 Å². The largest absolute Gasteiger partial charge is 0.350 e. The van der Waals surface area contributed by atoms with E-state index in [1.165, 1.54) is 12.1 Å². The average molecular weight is 305 g/mol. The number of nitrogen functional groups attached to an aromatic ring is 1. The Hall–Kier alpha value is -2.98. The van der Waals surface area contributed by atoms with Gasteiger partial charge in [-0.1, -0.05) is 5.92 Å². The normalized spacial score (nSPS) is 9.95. The molecular weight excluding hydrogens is 295 g/mol. The predicted molar refractivity (Wildman–Crippen MR) is 75.6 cm³/mol. The number of hydrogen-bond donors (Lipinski definition) is 3. The standard InChI is InChI=1S/C15H10F3N3O/c1-2-8-3-6-12(11(17)7-8)20-14-9(15(22)21-19)4-5-10(16)13(14)18/h1,3-7,20H,19H2,(H,21,22). The summed E-state index contributed by atoms with van der Waals surface area (Å²) in [7, 11) is 0. The fourth-order valence-electron chi connectivity index (χ4n) is 1.78. The Bertz CT molecular complexity index is 784. The van der Waals surface area contributed by atoms with Gasteiger partial charge in [-0.2, -0.15) is 0 Å². The molecular formula is C15H10F3N3O. The number of rotatable bonds is 3. The van der Waals surface area contributed by atoms with Crippen LogP contribution < -0.4 is 16.6 Å². The molecule has 0 saturated heterocycles. The van der Waals surface area contributed by atoms with Crippen LogP contribution in [0.1, 0.15) is 15.9 Å². The van der Waals surface area contributed by atoms with Gasteiger partial charge in [0.05, 0.1) is 16.9 Å². The second kappa shape index (κ2) is 6.20. The minimum Gasteiger partial charge on any atom is -0.350 e. The zero-order chi connectivity index (χ0) is 16.3. The van der Waals surface area contributed by atoms with Crippen LogP contribution in [0.15, 0.2) is 30.3 Å². The van der Waals surface area contributed by atoms with E-state index in [2.05, 4.69) is 11.2 Å². The lowest BCUT2D eigenvalue weighted by atomic mass is 10.1. The van der Waals surface area contributed by atoms with E-state index in [1.807, 2.05) is 0 Å². The van der Waals surface area contributed by atoms with Crippen molar-refractivity contribution in [3.63, 3.8) is 0 Å². The van der Waals surface area contributed by atoms with Gasteiger partial charge in [0.15, 0.2) is 11.6 Å². The van der Waals surface area contributed by atoms with Crippen molar-refractivity contribution in [2.75, 3.05) is 5.32 Å². The Morgan fingerprint density at radius 2 is 1.86 bits per heavy atom. The Morgan fingerprint density at radius 1 is 1.14 bits per heavy atom. The molecule has 0 aliphatic heterocycles. The first kappa shape index (κ1) is 15.4. The van der Waals surface area contributed by atoms with Crippen molar-refractivity contribution >= 4 is 17.3 Å². The number of anilines is 2. The molecule has 0 atom stereocenters. The van der Waals surface area contributed by atoms with Gasteiger partial charge in [0, 0.05) is 5.56 Å². The number of amides is 1. The molecule has 0 saturated carbocycles. The Balaban J connectivity index is 2.51. The van der Waals surface area contributed by atoms with E-state index in [9.17, 15) is 18.0 Å². The molecule has 7 heteroatoms. The lowest BCUT2D eigenvalue weighted by molar-refractivity contribution is 0.0954. The van der Waals surface area contributed by atoms with Crippen molar-refractivity contribution < 1.29 is 18.0 Å². The predicted octanol–water partition coefficient (Wildman–Crippen LogP) is 2.43. The molecule has 0 bridgehead atoms. The molecule has 0 heterocycles. The number of carbonyl (C=O) groups excluding carboxylic acids is 1. The maximum Gasteiger partial charge on any atom is 0.267 e. The number of terminal acetylenes is 1. The molecule has 1 amide bonds. The molecule has 0 radical (unpaired) electrons. The monoisotopic (exact) mass is 305 g/mol. The molecule has 0 unspecified atom stereocenters. The lowest BCUT2D eigenvalue weighted by Gasteiger charge is -2.13. The van der Waals surface area contributed by atoms with E-state index in [1.54, 1.807) is 5.43 Å². The van der Waals surface area contributed by atoms with Crippen molar-refractivity contribution in [2.45, 2.75) is 0 Å². The van der Waals surface area contributed by atoms with Crippen molar-refractivity contribution in [1.82, 2.24) is 5.43 Å². The summed E-state index contributed by atoms with van der Waals surface area (Å²) >= 11 is 0. The maximum absolute atomic E-state index is 13.9. The van der Waals surface area contributed by atoms with E-state index < -0.39 is 29.0 Å². The quantitative estimate of drug-likeness (QED) is 0.353. The third-order valence-electron chi connectivity index (χ3n) is 2.87. The Kier molecular flexibility index (Phi) is 4.34. The summed E-state index contributed by atoms with van der Waals surface area (Å²) in [5, 5.41) is 2.34. The van der Waals surface area contributed by atoms with Gasteiger partial charge in [-0.25, -0.2) is 19.0 Å². The summed E-state index contributed by atoms with van der Waals surface area (Å²) in [6, 6.07) is 5.49. The minimum absolute atomic E-state index is 0.172. The second-order valence-corrected chi connectivity index (χ2v) is 4.22. The van der Waals surface area contributed by atoms with Crippen LogP contribution in [0, 0.1) is 29.8 Å². The molecule has 112 valence electrons. The maximum atomic E-state index is 13.9. The number of nitrogens with two attached hydrogens (primary N) is 1. The lowest BCUT2D eigenvalue weighted by Crippen LogP contribution is -2.30. The van der Waals surface area contributed by atoms with Gasteiger partial charge in [-0.15, -0.1) is 6.42 Å². The van der Waals surface area contributed by atoms with Gasteiger partial charge in [0.2, 0.25) is 0 Å². The molecule has 4 nitrogen and oxygen atoms in total. The third kappa shape index (κ3) is 2.87. The molecule has 2 rings (SSSR count). The van der Waals surface area contributed by atoms with Gasteiger partial charge >= 0.3 is 0 Å². The van der Waals surface area contributed by atoms with Crippen LogP contribution in [0.25, 0.3) is 0 Å². The molecule has 0 aromatic heterocycles. The van der Waals surface area contributed by atoms with Crippen molar-refractivity contribution in [2.24, 2.45) is 5.84 Å². The highest BCUT2D eigenvalue weighted by molar-refractivity contribution is 6.00. The zero-order valence-corrected chi connectivity index (χ0v) is 11.1. The second-order valence-electron chi connectivity index (χ2n) is 4.22. The SMILES string of the molecule is C#Cc1ccc(Nc2c(C(=O)NN)ccc(F)c2F)c(F)c1. The fraction of sp³-hybridized carbons (Fsp3) is 0. The third-order valence-corrected chi connectivity index (χ3v) is 2.87. The highest BCUT2D eigenvalue weighted by atomic mass is 19.2. The van der Waals surface area contributed by atoms with Crippen LogP contribution in [0.3, 0.4) is 0 Å². The van der Waals surface area contributed by atoms with E-state index in [4.69, 9.17) is 12.3 Å².